The number of thiazole rings is 1. The monoisotopic (exact) mass is 246 g/mol. The largest absolute Gasteiger partial charge is 0.398 e. The molecule has 0 atom stereocenters. The lowest BCUT2D eigenvalue weighted by atomic mass is 9.93. The van der Waals surface area contributed by atoms with Gasteiger partial charge >= 0.3 is 0 Å². The van der Waals surface area contributed by atoms with Gasteiger partial charge in [-0.1, -0.05) is 32.9 Å². The van der Waals surface area contributed by atoms with Crippen molar-refractivity contribution in [3.63, 3.8) is 0 Å². The van der Waals surface area contributed by atoms with Gasteiger partial charge in [0.2, 0.25) is 0 Å². The Balaban J connectivity index is 2.48. The second-order valence-corrected chi connectivity index (χ2v) is 6.17. The van der Waals surface area contributed by atoms with Gasteiger partial charge in [-0.15, -0.1) is 11.3 Å². The third-order valence-electron chi connectivity index (χ3n) is 2.88. The van der Waals surface area contributed by atoms with Crippen LogP contribution in [-0.2, 0) is 5.41 Å². The molecule has 0 saturated carbocycles. The van der Waals surface area contributed by atoms with E-state index in [9.17, 15) is 0 Å². The Morgan fingerprint density at radius 1 is 1.24 bits per heavy atom. The molecule has 0 aliphatic rings. The first-order chi connectivity index (χ1) is 7.89. The minimum absolute atomic E-state index is 0.100. The predicted octanol–water partition coefficient (Wildman–Crippen LogP) is 4.00. The number of nitrogens with zero attached hydrogens (tertiary/aromatic N) is 1. The van der Waals surface area contributed by atoms with Crippen molar-refractivity contribution < 1.29 is 0 Å². The van der Waals surface area contributed by atoms with E-state index in [1.165, 1.54) is 0 Å². The molecule has 2 nitrogen and oxygen atoms in total. The maximum atomic E-state index is 5.93. The zero-order valence-electron chi connectivity index (χ0n) is 10.7. The fraction of sp³-hybridized carbons (Fsp3) is 0.357. The first kappa shape index (κ1) is 12.1. The molecule has 2 rings (SSSR count). The molecule has 0 unspecified atom stereocenters. The van der Waals surface area contributed by atoms with Gasteiger partial charge in [-0.05, 0) is 18.6 Å². The van der Waals surface area contributed by atoms with Gasteiger partial charge in [-0.2, -0.15) is 0 Å². The van der Waals surface area contributed by atoms with E-state index < -0.39 is 0 Å². The van der Waals surface area contributed by atoms with Crippen molar-refractivity contribution >= 4 is 17.0 Å². The lowest BCUT2D eigenvalue weighted by Gasteiger charge is -2.14. The Kier molecular flexibility index (Phi) is 2.96. The second kappa shape index (κ2) is 4.15. The summed E-state index contributed by atoms with van der Waals surface area (Å²) in [7, 11) is 0. The molecule has 3 heteroatoms. The summed E-state index contributed by atoms with van der Waals surface area (Å²) in [6.07, 6.45) is 0. The lowest BCUT2D eigenvalue weighted by molar-refractivity contribution is 0.573. The molecular formula is C14H18N2S. The quantitative estimate of drug-likeness (QED) is 0.772. The van der Waals surface area contributed by atoms with Crippen molar-refractivity contribution in [1.82, 2.24) is 4.98 Å². The van der Waals surface area contributed by atoms with Gasteiger partial charge in [-0.25, -0.2) is 4.98 Å². The van der Waals surface area contributed by atoms with Gasteiger partial charge < -0.3 is 5.73 Å². The normalized spacial score (nSPS) is 11.8. The van der Waals surface area contributed by atoms with Crippen LogP contribution in [0.25, 0.3) is 10.6 Å². The average molecular weight is 246 g/mol. The molecule has 0 aliphatic heterocycles. The van der Waals surface area contributed by atoms with Gasteiger partial charge in [-0.3, -0.25) is 0 Å². The third kappa shape index (κ3) is 2.34. The molecular weight excluding hydrogens is 228 g/mol. The minimum Gasteiger partial charge on any atom is -0.398 e. The van der Waals surface area contributed by atoms with Crippen molar-refractivity contribution in [3.05, 3.63) is 34.8 Å². The van der Waals surface area contributed by atoms with Crippen LogP contribution in [0.5, 0.6) is 0 Å². The van der Waals surface area contributed by atoms with Crippen LogP contribution < -0.4 is 5.73 Å². The summed E-state index contributed by atoms with van der Waals surface area (Å²) in [5.74, 6) is 0. The highest BCUT2D eigenvalue weighted by atomic mass is 32.1. The number of hydrogen-bond acceptors (Lipinski definition) is 3. The Labute approximate surface area is 107 Å². The van der Waals surface area contributed by atoms with Crippen molar-refractivity contribution in [2.45, 2.75) is 33.1 Å². The third-order valence-corrected chi connectivity index (χ3v) is 3.75. The van der Waals surface area contributed by atoms with Crippen molar-refractivity contribution in [2.75, 3.05) is 5.73 Å². The van der Waals surface area contributed by atoms with E-state index >= 15 is 0 Å². The van der Waals surface area contributed by atoms with Gasteiger partial charge in [0.25, 0.3) is 0 Å². The van der Waals surface area contributed by atoms with Crippen LogP contribution in [0.15, 0.2) is 23.6 Å². The summed E-state index contributed by atoms with van der Waals surface area (Å²) in [4.78, 5) is 4.72. The van der Waals surface area contributed by atoms with Crippen LogP contribution in [0.3, 0.4) is 0 Å². The molecule has 0 saturated heterocycles. The highest BCUT2D eigenvalue weighted by molar-refractivity contribution is 7.13. The maximum Gasteiger partial charge on any atom is 0.123 e. The molecule has 0 amide bonds. The Hall–Kier alpha value is -1.35. The summed E-state index contributed by atoms with van der Waals surface area (Å²) in [5.41, 5.74) is 10.3. The topological polar surface area (TPSA) is 38.9 Å². The average Bonchev–Trinajstić information content (AvgIpc) is 2.70. The van der Waals surface area contributed by atoms with E-state index in [2.05, 4.69) is 32.2 Å². The SMILES string of the molecule is Cc1c(N)cccc1-c1nc(C(C)(C)C)cs1. The molecule has 0 bridgehead atoms. The minimum atomic E-state index is 0.100. The number of hydrogen-bond donors (Lipinski definition) is 1. The standard InChI is InChI=1S/C14H18N2S/c1-9-10(6-5-7-11(9)15)13-16-12(8-17-13)14(2,3)4/h5-8H,15H2,1-4H3. The molecule has 0 spiro atoms. The molecule has 17 heavy (non-hydrogen) atoms. The molecule has 0 fully saturated rings. The number of benzene rings is 1. The van der Waals surface area contributed by atoms with Crippen LogP contribution in [-0.4, -0.2) is 4.98 Å². The maximum absolute atomic E-state index is 5.93. The van der Waals surface area contributed by atoms with E-state index in [1.54, 1.807) is 11.3 Å². The zero-order valence-corrected chi connectivity index (χ0v) is 11.6. The van der Waals surface area contributed by atoms with Gasteiger partial charge in [0.05, 0.1) is 5.69 Å². The van der Waals surface area contributed by atoms with Gasteiger partial charge in [0.15, 0.2) is 0 Å². The Morgan fingerprint density at radius 3 is 2.53 bits per heavy atom. The van der Waals surface area contributed by atoms with Crippen LogP contribution >= 0.6 is 11.3 Å². The van der Waals surface area contributed by atoms with Crippen molar-refractivity contribution in [3.8, 4) is 10.6 Å². The van der Waals surface area contributed by atoms with Crippen LogP contribution in [0.4, 0.5) is 5.69 Å². The predicted molar refractivity (Wildman–Crippen MR) is 75.4 cm³/mol. The van der Waals surface area contributed by atoms with E-state index in [1.807, 2.05) is 19.1 Å². The Bertz CT molecular complexity index is 535. The Morgan fingerprint density at radius 2 is 1.94 bits per heavy atom. The first-order valence-electron chi connectivity index (χ1n) is 5.71. The molecule has 1 heterocycles. The van der Waals surface area contributed by atoms with E-state index in [-0.39, 0.29) is 5.41 Å². The molecule has 0 aliphatic carbocycles. The van der Waals surface area contributed by atoms with Crippen molar-refractivity contribution in [1.29, 1.82) is 0 Å². The molecule has 2 aromatic rings. The molecule has 90 valence electrons. The fourth-order valence-corrected chi connectivity index (χ4v) is 2.76. The molecule has 2 N–H and O–H groups in total. The summed E-state index contributed by atoms with van der Waals surface area (Å²) in [5, 5.41) is 3.19. The van der Waals surface area contributed by atoms with Crippen LogP contribution in [0.2, 0.25) is 0 Å². The molecule has 1 aromatic heterocycles. The smallest absolute Gasteiger partial charge is 0.123 e. The number of aromatic nitrogens is 1. The second-order valence-electron chi connectivity index (χ2n) is 5.31. The molecule has 1 aromatic carbocycles. The number of nitrogens with two attached hydrogens (primary N) is 1. The van der Waals surface area contributed by atoms with Crippen LogP contribution in [0, 0.1) is 6.92 Å². The zero-order chi connectivity index (χ0) is 12.6. The van der Waals surface area contributed by atoms with Crippen LogP contribution in [0.1, 0.15) is 32.0 Å². The summed E-state index contributed by atoms with van der Waals surface area (Å²) in [6, 6.07) is 5.99. The number of nitrogen functional groups attached to an aromatic ring is 1. The summed E-state index contributed by atoms with van der Waals surface area (Å²) < 4.78 is 0. The van der Waals surface area contributed by atoms with E-state index in [4.69, 9.17) is 10.7 Å². The van der Waals surface area contributed by atoms with Gasteiger partial charge in [0.1, 0.15) is 5.01 Å². The summed E-state index contributed by atoms with van der Waals surface area (Å²) in [6.45, 7) is 8.58. The van der Waals surface area contributed by atoms with Gasteiger partial charge in [0, 0.05) is 22.0 Å². The lowest BCUT2D eigenvalue weighted by Crippen LogP contribution is -2.11. The number of rotatable bonds is 1. The highest BCUT2D eigenvalue weighted by Crippen LogP contribution is 2.32. The van der Waals surface area contributed by atoms with E-state index in [0.717, 1.165) is 27.5 Å². The molecule has 0 radical (unpaired) electrons. The van der Waals surface area contributed by atoms with E-state index in [0.29, 0.717) is 0 Å². The fourth-order valence-electron chi connectivity index (χ4n) is 1.63. The van der Waals surface area contributed by atoms with Crippen molar-refractivity contribution in [2.24, 2.45) is 0 Å². The number of anilines is 1. The first-order valence-corrected chi connectivity index (χ1v) is 6.59. The summed E-state index contributed by atoms with van der Waals surface area (Å²) >= 11 is 1.69. The highest BCUT2D eigenvalue weighted by Gasteiger charge is 2.18.